The fourth-order valence-electron chi connectivity index (χ4n) is 2.38. The summed E-state index contributed by atoms with van der Waals surface area (Å²) in [5.41, 5.74) is 1.41. The summed E-state index contributed by atoms with van der Waals surface area (Å²) in [6.45, 7) is 1.79. The molecule has 1 saturated heterocycles. The largest absolute Gasteiger partial charge is 0.381 e. The molecule has 0 aliphatic carbocycles. The molecule has 0 amide bonds. The van der Waals surface area contributed by atoms with Crippen LogP contribution in [-0.2, 0) is 4.74 Å². The van der Waals surface area contributed by atoms with Gasteiger partial charge in [-0.1, -0.05) is 18.2 Å². The van der Waals surface area contributed by atoms with Crippen LogP contribution in [0.15, 0.2) is 29.2 Å². The molecule has 2 unspecified atom stereocenters. The molecule has 16 heavy (non-hydrogen) atoms. The first-order chi connectivity index (χ1) is 7.86. The first-order valence-electron chi connectivity index (χ1n) is 5.74. The van der Waals surface area contributed by atoms with E-state index < -0.39 is 0 Å². The van der Waals surface area contributed by atoms with Gasteiger partial charge in [0.25, 0.3) is 0 Å². The Balaban J connectivity index is 2.24. The van der Waals surface area contributed by atoms with Gasteiger partial charge in [0.15, 0.2) is 0 Å². The third kappa shape index (κ3) is 2.42. The third-order valence-electron chi connectivity index (χ3n) is 3.22. The van der Waals surface area contributed by atoms with E-state index in [9.17, 15) is 0 Å². The number of hydrogen-bond acceptors (Lipinski definition) is 3. The summed E-state index contributed by atoms with van der Waals surface area (Å²) >= 11 is 1.82. The molecule has 0 radical (unpaired) electrons. The molecule has 1 fully saturated rings. The molecular formula is C13H19NOS. The minimum absolute atomic E-state index is 0.422. The lowest BCUT2D eigenvalue weighted by Crippen LogP contribution is -2.26. The topological polar surface area (TPSA) is 21.3 Å². The van der Waals surface area contributed by atoms with Gasteiger partial charge in [-0.05, 0) is 31.4 Å². The van der Waals surface area contributed by atoms with Gasteiger partial charge < -0.3 is 10.1 Å². The number of benzene rings is 1. The molecule has 0 spiro atoms. The Bertz CT molecular complexity index is 336. The van der Waals surface area contributed by atoms with E-state index in [0.717, 1.165) is 19.6 Å². The van der Waals surface area contributed by atoms with Gasteiger partial charge in [-0.2, -0.15) is 0 Å². The molecular weight excluding hydrogens is 218 g/mol. The minimum atomic E-state index is 0.422. The van der Waals surface area contributed by atoms with Crippen molar-refractivity contribution in [2.75, 3.05) is 26.5 Å². The summed E-state index contributed by atoms with van der Waals surface area (Å²) in [5.74, 6) is 0.610. The average molecular weight is 237 g/mol. The second-order valence-electron chi connectivity index (χ2n) is 4.13. The van der Waals surface area contributed by atoms with Crippen LogP contribution in [-0.4, -0.2) is 26.5 Å². The van der Waals surface area contributed by atoms with Crippen LogP contribution in [0.25, 0.3) is 0 Å². The lowest BCUT2D eigenvalue weighted by molar-refractivity contribution is 0.177. The highest BCUT2D eigenvalue weighted by atomic mass is 32.2. The fourth-order valence-corrected chi connectivity index (χ4v) is 3.03. The SMILES string of the molecule is CNC(c1ccccc1SC)C1CCOC1. The Kier molecular flexibility index (Phi) is 4.27. The summed E-state index contributed by atoms with van der Waals surface area (Å²) in [7, 11) is 2.04. The first kappa shape index (κ1) is 12.0. The summed E-state index contributed by atoms with van der Waals surface area (Å²) in [5, 5.41) is 3.44. The molecule has 0 bridgehead atoms. The summed E-state index contributed by atoms with van der Waals surface area (Å²) in [6, 6.07) is 9.07. The van der Waals surface area contributed by atoms with Crippen molar-refractivity contribution in [3.05, 3.63) is 29.8 Å². The van der Waals surface area contributed by atoms with E-state index in [-0.39, 0.29) is 0 Å². The molecule has 1 heterocycles. The average Bonchev–Trinajstić information content (AvgIpc) is 2.84. The van der Waals surface area contributed by atoms with Crippen LogP contribution in [0.1, 0.15) is 18.0 Å². The molecule has 3 heteroatoms. The smallest absolute Gasteiger partial charge is 0.0513 e. The molecule has 1 aromatic carbocycles. The summed E-state index contributed by atoms with van der Waals surface area (Å²) in [4.78, 5) is 1.37. The number of hydrogen-bond donors (Lipinski definition) is 1. The van der Waals surface area contributed by atoms with E-state index in [2.05, 4.69) is 35.8 Å². The third-order valence-corrected chi connectivity index (χ3v) is 4.03. The lowest BCUT2D eigenvalue weighted by atomic mass is 9.92. The van der Waals surface area contributed by atoms with Crippen LogP contribution in [0.4, 0.5) is 0 Å². The van der Waals surface area contributed by atoms with Crippen molar-refractivity contribution in [3.8, 4) is 0 Å². The van der Waals surface area contributed by atoms with Crippen LogP contribution in [0.3, 0.4) is 0 Å². The molecule has 0 saturated carbocycles. The van der Waals surface area contributed by atoms with E-state index in [4.69, 9.17) is 4.74 Å². The molecule has 2 rings (SSSR count). The number of thioether (sulfide) groups is 1. The Hall–Kier alpha value is -0.510. The maximum Gasteiger partial charge on any atom is 0.0513 e. The molecule has 1 aromatic rings. The van der Waals surface area contributed by atoms with E-state index >= 15 is 0 Å². The van der Waals surface area contributed by atoms with Crippen molar-refractivity contribution in [2.45, 2.75) is 17.4 Å². The number of rotatable bonds is 4. The molecule has 1 aliphatic rings. The van der Waals surface area contributed by atoms with Crippen molar-refractivity contribution in [1.82, 2.24) is 5.32 Å². The maximum atomic E-state index is 5.49. The van der Waals surface area contributed by atoms with Crippen LogP contribution in [0.2, 0.25) is 0 Å². The van der Waals surface area contributed by atoms with E-state index in [1.54, 1.807) is 0 Å². The van der Waals surface area contributed by atoms with Crippen molar-refractivity contribution in [2.24, 2.45) is 5.92 Å². The highest BCUT2D eigenvalue weighted by molar-refractivity contribution is 7.98. The van der Waals surface area contributed by atoms with Crippen molar-refractivity contribution in [3.63, 3.8) is 0 Å². The minimum Gasteiger partial charge on any atom is -0.381 e. The zero-order chi connectivity index (χ0) is 11.4. The number of ether oxygens (including phenoxy) is 1. The Morgan fingerprint density at radius 2 is 2.25 bits per heavy atom. The van der Waals surface area contributed by atoms with Gasteiger partial charge in [-0.25, -0.2) is 0 Å². The van der Waals surface area contributed by atoms with Gasteiger partial charge in [0.05, 0.1) is 6.61 Å². The van der Waals surface area contributed by atoms with Crippen molar-refractivity contribution in [1.29, 1.82) is 0 Å². The van der Waals surface area contributed by atoms with Crippen LogP contribution < -0.4 is 5.32 Å². The zero-order valence-corrected chi connectivity index (χ0v) is 10.7. The van der Waals surface area contributed by atoms with Gasteiger partial charge >= 0.3 is 0 Å². The van der Waals surface area contributed by atoms with E-state index in [1.807, 2.05) is 18.8 Å². The molecule has 2 atom stereocenters. The first-order valence-corrected chi connectivity index (χ1v) is 6.97. The Morgan fingerprint density at radius 1 is 1.44 bits per heavy atom. The van der Waals surface area contributed by atoms with Gasteiger partial charge in [-0.15, -0.1) is 11.8 Å². The second-order valence-corrected chi connectivity index (χ2v) is 4.98. The van der Waals surface area contributed by atoms with Gasteiger partial charge in [0.1, 0.15) is 0 Å². The standard InChI is InChI=1S/C13H19NOS/c1-14-13(10-7-8-15-9-10)11-5-3-4-6-12(11)16-2/h3-6,10,13-14H,7-9H2,1-2H3. The van der Waals surface area contributed by atoms with Gasteiger partial charge in [-0.3, -0.25) is 0 Å². The highest BCUT2D eigenvalue weighted by Gasteiger charge is 2.27. The van der Waals surface area contributed by atoms with Crippen molar-refractivity contribution >= 4 is 11.8 Å². The molecule has 88 valence electrons. The van der Waals surface area contributed by atoms with Crippen molar-refractivity contribution < 1.29 is 4.74 Å². The van der Waals surface area contributed by atoms with Gasteiger partial charge in [0, 0.05) is 23.5 Å². The fraction of sp³-hybridized carbons (Fsp3) is 0.538. The predicted molar refractivity (Wildman–Crippen MR) is 68.9 cm³/mol. The Morgan fingerprint density at radius 3 is 2.88 bits per heavy atom. The highest BCUT2D eigenvalue weighted by Crippen LogP contribution is 2.33. The van der Waals surface area contributed by atoms with Gasteiger partial charge in [0.2, 0.25) is 0 Å². The van der Waals surface area contributed by atoms with Crippen LogP contribution >= 0.6 is 11.8 Å². The normalized spacial score (nSPS) is 22.2. The summed E-state index contributed by atoms with van der Waals surface area (Å²) < 4.78 is 5.49. The van der Waals surface area contributed by atoms with E-state index in [0.29, 0.717) is 12.0 Å². The second kappa shape index (κ2) is 5.71. The monoisotopic (exact) mass is 237 g/mol. The van der Waals surface area contributed by atoms with Crippen LogP contribution in [0.5, 0.6) is 0 Å². The molecule has 1 aliphatic heterocycles. The number of nitrogens with one attached hydrogen (secondary N) is 1. The lowest BCUT2D eigenvalue weighted by Gasteiger charge is -2.24. The van der Waals surface area contributed by atoms with Crippen LogP contribution in [0, 0.1) is 5.92 Å². The Labute approximate surface area is 102 Å². The zero-order valence-electron chi connectivity index (χ0n) is 9.90. The summed E-state index contributed by atoms with van der Waals surface area (Å²) in [6.07, 6.45) is 3.30. The predicted octanol–water partition coefficient (Wildman–Crippen LogP) is 2.71. The molecule has 1 N–H and O–H groups in total. The maximum absolute atomic E-state index is 5.49. The van der Waals surface area contributed by atoms with E-state index in [1.165, 1.54) is 10.5 Å². The molecule has 0 aromatic heterocycles. The molecule has 2 nitrogen and oxygen atoms in total. The quantitative estimate of drug-likeness (QED) is 0.814.